The van der Waals surface area contributed by atoms with Gasteiger partial charge in [-0.15, -0.1) is 66.5 Å². The molecule has 0 aliphatic rings. The van der Waals surface area contributed by atoms with E-state index in [9.17, 15) is 0 Å². The van der Waals surface area contributed by atoms with E-state index in [4.69, 9.17) is 66.5 Å². The number of rotatable bonds is 4. The van der Waals surface area contributed by atoms with Crippen LogP contribution in [0.15, 0.2) is 12.2 Å². The second-order valence-electron chi connectivity index (χ2n) is 3.05. The lowest BCUT2D eigenvalue weighted by Crippen LogP contribution is -2.17. The van der Waals surface area contributed by atoms with Gasteiger partial charge in [0, 0.05) is 11.1 Å². The van der Waals surface area contributed by atoms with Gasteiger partial charge in [0.15, 0.2) is 0 Å². The van der Waals surface area contributed by atoms with Gasteiger partial charge in [-0.05, 0) is 0 Å². The fraction of sp³-hybridized carbons (Fsp3) is 0.667. The van der Waals surface area contributed by atoms with E-state index in [1.54, 1.807) is 0 Å². The van der Waals surface area contributed by atoms with Crippen molar-refractivity contribution in [2.45, 2.75) is 24.9 Å². The van der Waals surface area contributed by atoms with Gasteiger partial charge in [0.2, 0.25) is 0 Å². The summed E-state index contributed by atoms with van der Waals surface area (Å²) in [5.74, 6) is 0. The van der Waals surface area contributed by atoms with Crippen LogP contribution in [0.25, 0.3) is 0 Å². The molecular formula is C6H10Cl6Si2. The molecule has 0 N–H and O–H groups in total. The lowest BCUT2D eigenvalue weighted by atomic mass is 10.3. The maximum Gasteiger partial charge on any atom is 0.347 e. The number of hydrogen-bond donors (Lipinski definition) is 0. The molecule has 0 spiro atoms. The summed E-state index contributed by atoms with van der Waals surface area (Å²) in [5.41, 5.74) is -0.146. The monoisotopic (exact) mass is 348 g/mol. The minimum absolute atomic E-state index is 0.0729. The first kappa shape index (κ1) is 15.9. The first-order chi connectivity index (χ1) is 6.05. The Bertz CT molecular complexity index is 183. The maximum absolute atomic E-state index is 5.81. The molecule has 2 atom stereocenters. The van der Waals surface area contributed by atoms with Crippen LogP contribution in [0.4, 0.5) is 0 Å². The predicted octanol–water partition coefficient (Wildman–Crippen LogP) is 5.63. The summed E-state index contributed by atoms with van der Waals surface area (Å²) in [6, 6.07) is -5.34. The Morgan fingerprint density at radius 1 is 0.714 bits per heavy atom. The summed E-state index contributed by atoms with van der Waals surface area (Å²) in [7, 11) is 0. The normalized spacial score (nSPS) is 18.6. The Hall–Kier alpha value is 1.91. The first-order valence-corrected chi connectivity index (χ1v) is 14.1. The zero-order valence-electron chi connectivity index (χ0n) is 7.58. The second kappa shape index (κ2) is 6.01. The molecule has 8 heteroatoms. The van der Waals surface area contributed by atoms with Crippen LogP contribution in [0.3, 0.4) is 0 Å². The molecule has 0 fully saturated rings. The zero-order chi connectivity index (χ0) is 11.6. The Morgan fingerprint density at radius 3 is 1.07 bits per heavy atom. The van der Waals surface area contributed by atoms with E-state index in [-0.39, 0.29) is 11.1 Å². The van der Waals surface area contributed by atoms with Gasteiger partial charge in [-0.3, -0.25) is 0 Å². The molecule has 84 valence electrons. The highest BCUT2D eigenvalue weighted by Gasteiger charge is 2.34. The summed E-state index contributed by atoms with van der Waals surface area (Å²) in [5, 5.41) is 0. The van der Waals surface area contributed by atoms with Crippen LogP contribution in [0.1, 0.15) is 13.8 Å². The number of halogens is 6. The maximum atomic E-state index is 5.81. The molecule has 0 aromatic heterocycles. The lowest BCUT2D eigenvalue weighted by Gasteiger charge is -2.16. The van der Waals surface area contributed by atoms with Crippen molar-refractivity contribution in [2.24, 2.45) is 0 Å². The van der Waals surface area contributed by atoms with Crippen LogP contribution >= 0.6 is 66.5 Å². The minimum atomic E-state index is -2.67. The Labute approximate surface area is 115 Å². The van der Waals surface area contributed by atoms with Crippen molar-refractivity contribution >= 4 is 78.5 Å². The molecule has 0 rings (SSSR count). The molecule has 2 unspecified atom stereocenters. The SMILES string of the molecule is CC(/C=C/C(C)[Si](Cl)(Cl)Cl)[Si](Cl)(Cl)Cl. The molecule has 0 bridgehead atoms. The number of hydrogen-bond acceptors (Lipinski definition) is 0. The minimum Gasteiger partial charge on any atom is -0.125 e. The van der Waals surface area contributed by atoms with Gasteiger partial charge < -0.3 is 0 Å². The summed E-state index contributed by atoms with van der Waals surface area (Å²) >= 11 is 34.9. The standard InChI is InChI=1S/C6H10Cl6Si2/c1-5(13(7,8)9)3-4-6(2)14(10,11)12/h3-6H,1-2H3/b4-3+. The van der Waals surface area contributed by atoms with Gasteiger partial charge in [0.25, 0.3) is 0 Å². The average Bonchev–Trinajstić information content (AvgIpc) is 1.95. The molecule has 0 radical (unpaired) electrons. The van der Waals surface area contributed by atoms with Crippen molar-refractivity contribution in [2.75, 3.05) is 0 Å². The summed E-state index contributed by atoms with van der Waals surface area (Å²) in [4.78, 5) is 0. The average molecular weight is 351 g/mol. The Morgan fingerprint density at radius 2 is 0.929 bits per heavy atom. The largest absolute Gasteiger partial charge is 0.347 e. The molecule has 0 nitrogen and oxygen atoms in total. The van der Waals surface area contributed by atoms with Crippen LogP contribution in [0, 0.1) is 0 Å². The van der Waals surface area contributed by atoms with Gasteiger partial charge in [0.05, 0.1) is 0 Å². The fourth-order valence-electron chi connectivity index (χ4n) is 0.552. The van der Waals surface area contributed by atoms with E-state index in [0.717, 1.165) is 0 Å². The van der Waals surface area contributed by atoms with Crippen LogP contribution in [-0.4, -0.2) is 12.0 Å². The van der Waals surface area contributed by atoms with Crippen molar-refractivity contribution in [3.8, 4) is 0 Å². The highest BCUT2D eigenvalue weighted by atomic mass is 35.8. The van der Waals surface area contributed by atoms with E-state index < -0.39 is 12.0 Å². The van der Waals surface area contributed by atoms with Crippen molar-refractivity contribution in [3.05, 3.63) is 12.2 Å². The molecule has 0 aliphatic carbocycles. The second-order valence-corrected chi connectivity index (χ2v) is 21.2. The van der Waals surface area contributed by atoms with Gasteiger partial charge >= 0.3 is 12.0 Å². The third-order valence-corrected chi connectivity index (χ3v) is 10.4. The number of allylic oxidation sites excluding steroid dienone is 2. The van der Waals surface area contributed by atoms with Gasteiger partial charge in [-0.25, -0.2) is 0 Å². The van der Waals surface area contributed by atoms with Gasteiger partial charge in [0.1, 0.15) is 0 Å². The summed E-state index contributed by atoms with van der Waals surface area (Å²) in [6.45, 7) is 3.70. The van der Waals surface area contributed by atoms with Crippen LogP contribution in [0.2, 0.25) is 11.1 Å². The van der Waals surface area contributed by atoms with Gasteiger partial charge in [-0.1, -0.05) is 26.0 Å². The van der Waals surface area contributed by atoms with Crippen LogP contribution in [0.5, 0.6) is 0 Å². The third kappa shape index (κ3) is 6.49. The molecular weight excluding hydrogens is 341 g/mol. The fourth-order valence-corrected chi connectivity index (χ4v) is 2.52. The van der Waals surface area contributed by atoms with E-state index in [0.29, 0.717) is 0 Å². The van der Waals surface area contributed by atoms with Crippen molar-refractivity contribution in [1.29, 1.82) is 0 Å². The highest BCUT2D eigenvalue weighted by molar-refractivity contribution is 7.65. The van der Waals surface area contributed by atoms with Crippen LogP contribution < -0.4 is 0 Å². The Balaban J connectivity index is 4.32. The molecule has 0 amide bonds. The smallest absolute Gasteiger partial charge is 0.125 e. The lowest BCUT2D eigenvalue weighted by molar-refractivity contribution is 1.12. The van der Waals surface area contributed by atoms with E-state index in [2.05, 4.69) is 0 Å². The van der Waals surface area contributed by atoms with E-state index >= 15 is 0 Å². The van der Waals surface area contributed by atoms with Gasteiger partial charge in [-0.2, -0.15) is 0 Å². The van der Waals surface area contributed by atoms with Crippen LogP contribution in [-0.2, 0) is 0 Å². The van der Waals surface area contributed by atoms with E-state index in [1.807, 2.05) is 26.0 Å². The molecule has 0 saturated heterocycles. The topological polar surface area (TPSA) is 0 Å². The molecule has 14 heavy (non-hydrogen) atoms. The van der Waals surface area contributed by atoms with Crippen molar-refractivity contribution in [3.63, 3.8) is 0 Å². The molecule has 0 saturated carbocycles. The Kier molecular flexibility index (Phi) is 6.83. The molecule has 0 aliphatic heterocycles. The summed E-state index contributed by atoms with van der Waals surface area (Å²) in [6.07, 6.45) is 3.64. The quantitative estimate of drug-likeness (QED) is 0.350. The highest BCUT2D eigenvalue weighted by Crippen LogP contribution is 2.38. The van der Waals surface area contributed by atoms with Crippen molar-refractivity contribution < 1.29 is 0 Å². The van der Waals surface area contributed by atoms with E-state index in [1.165, 1.54) is 0 Å². The first-order valence-electron chi connectivity index (χ1n) is 3.87. The summed E-state index contributed by atoms with van der Waals surface area (Å²) < 4.78 is 0. The zero-order valence-corrected chi connectivity index (χ0v) is 14.1. The molecule has 0 aromatic rings. The third-order valence-electron chi connectivity index (χ3n) is 1.72. The predicted molar refractivity (Wildman–Crippen MR) is 74.6 cm³/mol. The van der Waals surface area contributed by atoms with Crippen molar-refractivity contribution in [1.82, 2.24) is 0 Å². The molecule has 0 heterocycles. The molecule has 0 aromatic carbocycles.